The van der Waals surface area contributed by atoms with Crippen molar-refractivity contribution in [2.24, 2.45) is 0 Å². The van der Waals surface area contributed by atoms with Crippen LogP contribution in [0, 0.1) is 0 Å². The molecular formula is C8H9BN. The highest BCUT2D eigenvalue weighted by molar-refractivity contribution is 6.52. The van der Waals surface area contributed by atoms with E-state index >= 15 is 0 Å². The Morgan fingerprint density at radius 1 is 1.40 bits per heavy atom. The summed E-state index contributed by atoms with van der Waals surface area (Å²) in [5.41, 5.74) is 2.80. The molecule has 1 radical (unpaired) electrons. The molecule has 1 aliphatic heterocycles. The maximum absolute atomic E-state index is 2.20. The minimum Gasteiger partial charge on any atom is -0.341 e. The molecular weight excluding hydrogens is 121 g/mol. The van der Waals surface area contributed by atoms with Gasteiger partial charge in [0, 0.05) is 6.54 Å². The summed E-state index contributed by atoms with van der Waals surface area (Å²) in [4.78, 5) is 2.20. The number of rotatable bonds is 0. The number of benzene rings is 1. The summed E-state index contributed by atoms with van der Waals surface area (Å²) in [7, 11) is 4.27. The van der Waals surface area contributed by atoms with Crippen molar-refractivity contribution < 1.29 is 0 Å². The van der Waals surface area contributed by atoms with Gasteiger partial charge in [0.2, 0.25) is 7.41 Å². The lowest BCUT2D eigenvalue weighted by atomic mass is 9.83. The largest absolute Gasteiger partial charge is 0.341 e. The van der Waals surface area contributed by atoms with Crippen molar-refractivity contribution in [2.45, 2.75) is 6.54 Å². The van der Waals surface area contributed by atoms with Gasteiger partial charge in [0.05, 0.1) is 0 Å². The van der Waals surface area contributed by atoms with E-state index in [1.807, 2.05) is 0 Å². The molecule has 49 valence electrons. The van der Waals surface area contributed by atoms with Gasteiger partial charge >= 0.3 is 0 Å². The summed E-state index contributed by atoms with van der Waals surface area (Å²) < 4.78 is 0. The Morgan fingerprint density at radius 3 is 3.00 bits per heavy atom. The van der Waals surface area contributed by atoms with E-state index in [1.165, 1.54) is 11.0 Å². The van der Waals surface area contributed by atoms with Gasteiger partial charge in [-0.1, -0.05) is 29.7 Å². The van der Waals surface area contributed by atoms with Crippen LogP contribution in [0.25, 0.3) is 0 Å². The van der Waals surface area contributed by atoms with E-state index in [0.717, 1.165) is 6.54 Å². The molecule has 0 spiro atoms. The fourth-order valence-electron chi connectivity index (χ4n) is 1.36. The monoisotopic (exact) mass is 130 g/mol. The quantitative estimate of drug-likeness (QED) is 0.459. The van der Waals surface area contributed by atoms with Crippen molar-refractivity contribution in [3.05, 3.63) is 29.8 Å². The molecule has 2 heteroatoms. The minimum absolute atomic E-state index is 1.07. The lowest BCUT2D eigenvalue weighted by Gasteiger charge is -2.01. The zero-order valence-corrected chi connectivity index (χ0v) is 6.04. The summed E-state index contributed by atoms with van der Waals surface area (Å²) >= 11 is 0. The SMILES string of the molecule is CN1[B]c2ccccc2C1. The molecule has 0 amide bonds. The van der Waals surface area contributed by atoms with Crippen LogP contribution in [0.5, 0.6) is 0 Å². The van der Waals surface area contributed by atoms with E-state index in [0.29, 0.717) is 0 Å². The topological polar surface area (TPSA) is 3.24 Å². The van der Waals surface area contributed by atoms with Gasteiger partial charge < -0.3 is 4.81 Å². The van der Waals surface area contributed by atoms with Crippen molar-refractivity contribution in [3.63, 3.8) is 0 Å². The van der Waals surface area contributed by atoms with E-state index in [-0.39, 0.29) is 0 Å². The highest BCUT2D eigenvalue weighted by atomic mass is 15.0. The van der Waals surface area contributed by atoms with Gasteiger partial charge in [-0.2, -0.15) is 0 Å². The van der Waals surface area contributed by atoms with Crippen LogP contribution in [0.15, 0.2) is 24.3 Å². The van der Waals surface area contributed by atoms with E-state index in [9.17, 15) is 0 Å². The molecule has 0 unspecified atom stereocenters. The number of hydrogen-bond acceptors (Lipinski definition) is 1. The first-order valence-electron chi connectivity index (χ1n) is 3.49. The Hall–Kier alpha value is -0.755. The second-order valence-corrected chi connectivity index (χ2v) is 2.74. The molecule has 1 aromatic rings. The van der Waals surface area contributed by atoms with Gasteiger partial charge in [-0.25, -0.2) is 0 Å². The number of fused-ring (bicyclic) bond motifs is 1. The minimum atomic E-state index is 1.07. The third-order valence-corrected chi connectivity index (χ3v) is 1.83. The molecule has 10 heavy (non-hydrogen) atoms. The van der Waals surface area contributed by atoms with Crippen LogP contribution in [-0.4, -0.2) is 19.3 Å². The van der Waals surface area contributed by atoms with Gasteiger partial charge in [-0.15, -0.1) is 0 Å². The number of hydrogen-bond donors (Lipinski definition) is 0. The van der Waals surface area contributed by atoms with E-state index in [4.69, 9.17) is 0 Å². The van der Waals surface area contributed by atoms with Gasteiger partial charge in [-0.05, 0) is 12.6 Å². The Morgan fingerprint density at radius 2 is 2.20 bits per heavy atom. The molecule has 0 bridgehead atoms. The standard InChI is InChI=1S/C8H9BN/c1-10-6-7-4-2-3-5-8(7)9-10/h2-5H,6H2,1H3. The van der Waals surface area contributed by atoms with Crippen LogP contribution < -0.4 is 5.46 Å². The fraction of sp³-hybridized carbons (Fsp3) is 0.250. The molecule has 1 heterocycles. The molecule has 1 nitrogen and oxygen atoms in total. The molecule has 0 saturated heterocycles. The summed E-state index contributed by atoms with van der Waals surface area (Å²) in [6, 6.07) is 8.49. The number of nitrogens with zero attached hydrogens (tertiary/aromatic N) is 1. The molecule has 0 aromatic heterocycles. The average molecular weight is 130 g/mol. The molecule has 1 aromatic carbocycles. The summed E-state index contributed by atoms with van der Waals surface area (Å²) in [5, 5.41) is 0. The van der Waals surface area contributed by atoms with E-state index < -0.39 is 0 Å². The maximum atomic E-state index is 2.20. The third-order valence-electron chi connectivity index (χ3n) is 1.83. The van der Waals surface area contributed by atoms with E-state index in [1.54, 1.807) is 0 Å². The first kappa shape index (κ1) is 5.99. The van der Waals surface area contributed by atoms with Crippen molar-refractivity contribution in [1.29, 1.82) is 0 Å². The molecule has 0 fully saturated rings. The second-order valence-electron chi connectivity index (χ2n) is 2.74. The van der Waals surface area contributed by atoms with Gasteiger partial charge in [0.25, 0.3) is 0 Å². The predicted molar refractivity (Wildman–Crippen MR) is 43.3 cm³/mol. The van der Waals surface area contributed by atoms with E-state index in [2.05, 4.69) is 43.5 Å². The zero-order chi connectivity index (χ0) is 6.97. The summed E-state index contributed by atoms with van der Waals surface area (Å²) in [6.07, 6.45) is 0. The van der Waals surface area contributed by atoms with Gasteiger partial charge in [0.1, 0.15) is 0 Å². The van der Waals surface area contributed by atoms with Crippen LogP contribution in [0.4, 0.5) is 0 Å². The Labute approximate surface area is 61.9 Å². The van der Waals surface area contributed by atoms with Crippen LogP contribution in [0.1, 0.15) is 5.56 Å². The van der Waals surface area contributed by atoms with Gasteiger partial charge in [0.15, 0.2) is 0 Å². The average Bonchev–Trinajstić information content (AvgIpc) is 2.27. The highest BCUT2D eigenvalue weighted by Gasteiger charge is 2.15. The molecule has 1 aliphatic rings. The van der Waals surface area contributed by atoms with Crippen molar-refractivity contribution in [1.82, 2.24) is 4.81 Å². The molecule has 0 N–H and O–H groups in total. The van der Waals surface area contributed by atoms with Crippen molar-refractivity contribution in [2.75, 3.05) is 7.05 Å². The molecule has 0 atom stereocenters. The molecule has 0 aliphatic carbocycles. The Balaban J connectivity index is 2.42. The lowest BCUT2D eigenvalue weighted by molar-refractivity contribution is 0.554. The van der Waals surface area contributed by atoms with Crippen LogP contribution >= 0.6 is 0 Å². The van der Waals surface area contributed by atoms with Crippen molar-refractivity contribution >= 4 is 12.9 Å². The normalized spacial score (nSPS) is 16.5. The molecule has 0 saturated carbocycles. The third kappa shape index (κ3) is 0.849. The second kappa shape index (κ2) is 2.13. The fourth-order valence-corrected chi connectivity index (χ4v) is 1.36. The van der Waals surface area contributed by atoms with Crippen LogP contribution in [0.3, 0.4) is 0 Å². The zero-order valence-electron chi connectivity index (χ0n) is 6.04. The van der Waals surface area contributed by atoms with Gasteiger partial charge in [-0.3, -0.25) is 0 Å². The maximum Gasteiger partial charge on any atom is 0.248 e. The first-order valence-corrected chi connectivity index (χ1v) is 3.49. The Bertz CT molecular complexity index is 222. The summed E-state index contributed by atoms with van der Waals surface area (Å²) in [5.74, 6) is 0. The predicted octanol–water partition coefficient (Wildman–Crippen LogP) is 0.376. The van der Waals surface area contributed by atoms with Crippen LogP contribution in [-0.2, 0) is 6.54 Å². The first-order chi connectivity index (χ1) is 4.86. The van der Waals surface area contributed by atoms with Crippen LogP contribution in [0.2, 0.25) is 0 Å². The Kier molecular flexibility index (Phi) is 1.28. The smallest absolute Gasteiger partial charge is 0.248 e. The lowest BCUT2D eigenvalue weighted by Crippen LogP contribution is -2.21. The molecule has 2 rings (SSSR count). The van der Waals surface area contributed by atoms with Crippen molar-refractivity contribution in [3.8, 4) is 0 Å². The highest BCUT2D eigenvalue weighted by Crippen LogP contribution is 2.05. The summed E-state index contributed by atoms with van der Waals surface area (Å²) in [6.45, 7) is 1.07.